The molecule has 2 bridgehead atoms. The lowest BCUT2D eigenvalue weighted by Gasteiger charge is -2.51. The summed E-state index contributed by atoms with van der Waals surface area (Å²) in [5, 5.41) is 14.4. The van der Waals surface area contributed by atoms with Crippen molar-refractivity contribution in [2.45, 2.75) is 52.5 Å². The van der Waals surface area contributed by atoms with E-state index in [1.165, 1.54) is 19.2 Å². The summed E-state index contributed by atoms with van der Waals surface area (Å²) >= 11 is 0. The number of aromatic nitrogens is 3. The van der Waals surface area contributed by atoms with Gasteiger partial charge in [0.05, 0.1) is 18.2 Å². The highest BCUT2D eigenvalue weighted by Crippen LogP contribution is 2.56. The van der Waals surface area contributed by atoms with Crippen molar-refractivity contribution >= 4 is 64.7 Å². The summed E-state index contributed by atoms with van der Waals surface area (Å²) in [5.74, 6) is -3.20. The predicted octanol–water partition coefficient (Wildman–Crippen LogP) is 2.10. The van der Waals surface area contributed by atoms with E-state index < -0.39 is 28.6 Å². The molecule has 2 heterocycles. The number of nitrogen functional groups attached to an aromatic ring is 3. The number of amides is 1. The number of rotatable bonds is 8. The van der Waals surface area contributed by atoms with Gasteiger partial charge in [-0.3, -0.25) is 23.6 Å². The zero-order chi connectivity index (χ0) is 34.3. The van der Waals surface area contributed by atoms with Crippen LogP contribution in [0.1, 0.15) is 72.5 Å². The molecule has 3 aliphatic rings. The van der Waals surface area contributed by atoms with Gasteiger partial charge in [0.1, 0.15) is 28.6 Å². The van der Waals surface area contributed by atoms with Crippen LogP contribution in [0.4, 0.5) is 33.2 Å². The Morgan fingerprint density at radius 3 is 2.20 bits per heavy atom. The van der Waals surface area contributed by atoms with Crippen molar-refractivity contribution in [3.63, 3.8) is 0 Å². The summed E-state index contributed by atoms with van der Waals surface area (Å²) in [7, 11) is 1.50. The molecule has 1 amide bonds. The monoisotopic (exact) mass is 703 g/mol. The van der Waals surface area contributed by atoms with Crippen LogP contribution in [0, 0.1) is 16.6 Å². The molecule has 2 aromatic heterocycles. The van der Waals surface area contributed by atoms with E-state index in [4.69, 9.17) is 27.7 Å². The molecule has 0 aliphatic heterocycles. The van der Waals surface area contributed by atoms with Gasteiger partial charge in [0.25, 0.3) is 16.8 Å². The van der Waals surface area contributed by atoms with E-state index >= 15 is 0 Å². The number of carboxylic acids is 1. The minimum absolute atomic E-state index is 0. The van der Waals surface area contributed by atoms with E-state index in [1.807, 2.05) is 0 Å². The second-order valence-electron chi connectivity index (χ2n) is 11.9. The number of benzene rings is 1. The molecule has 0 radical (unpaired) electrons. The number of hydrogen-bond donors (Lipinski definition) is 7. The molecule has 3 aliphatic carbocycles. The number of anilines is 5. The number of fused-ring (bicyclic) bond motifs is 4. The number of nitrogens with one attached hydrogen (secondary N) is 2. The lowest BCUT2D eigenvalue weighted by atomic mass is 9.54. The first kappa shape index (κ1) is 38.2. The average Bonchev–Trinajstić information content (AvgIpc) is 3.38. The molecule has 0 saturated heterocycles. The van der Waals surface area contributed by atoms with Crippen LogP contribution >= 0.6 is 12.4 Å². The van der Waals surface area contributed by atoms with Crippen molar-refractivity contribution in [2.24, 2.45) is 16.6 Å². The van der Waals surface area contributed by atoms with Crippen LogP contribution in [0.25, 0.3) is 5.65 Å². The van der Waals surface area contributed by atoms with Crippen LogP contribution in [-0.2, 0) is 16.1 Å². The van der Waals surface area contributed by atoms with E-state index in [9.17, 15) is 33.5 Å². The van der Waals surface area contributed by atoms with Crippen LogP contribution in [0.2, 0.25) is 0 Å². The molecule has 0 spiro atoms. The molecule has 18 heteroatoms. The molecule has 0 unspecified atom stereocenters. The normalized spacial score (nSPS) is 19.2. The highest BCUT2D eigenvalue weighted by atomic mass is 35.5. The first-order valence-corrected chi connectivity index (χ1v) is 14.6. The largest absolute Gasteiger partial charge is 0.477 e. The van der Waals surface area contributed by atoms with Gasteiger partial charge in [-0.25, -0.2) is 14.2 Å². The Kier molecular flexibility index (Phi) is 11.3. The SMILES string of the molecule is C.COC(=O)C12CCC(CN)(CC1)CC2.Cl.Nc1c(Nc2cc(CNC(=O)c3cc(C(=O)O)n4c(N)nc(N)c4n3)ccc2F)c(=O)c1=O. The molecule has 4 aromatic rings. The number of ether oxygens (including phenoxy) is 1. The van der Waals surface area contributed by atoms with Gasteiger partial charge in [-0.1, -0.05) is 13.5 Å². The minimum Gasteiger partial charge on any atom is -0.477 e. The summed E-state index contributed by atoms with van der Waals surface area (Å²) in [5.41, 5.74) is 20.1. The summed E-state index contributed by atoms with van der Waals surface area (Å²) in [6, 6.07) is 4.78. The van der Waals surface area contributed by atoms with Crippen LogP contribution in [0.15, 0.2) is 33.9 Å². The summed E-state index contributed by atoms with van der Waals surface area (Å²) in [6.07, 6.45) is 6.28. The molecule has 49 heavy (non-hydrogen) atoms. The number of nitrogens with zero attached hydrogens (tertiary/aromatic N) is 3. The third-order valence-electron chi connectivity index (χ3n) is 9.24. The Balaban J connectivity index is 0.000000342. The van der Waals surface area contributed by atoms with Crippen molar-refractivity contribution in [2.75, 3.05) is 36.2 Å². The first-order chi connectivity index (χ1) is 22.2. The van der Waals surface area contributed by atoms with Gasteiger partial charge in [0.15, 0.2) is 11.5 Å². The number of aromatic carboxylic acids is 1. The molecule has 11 N–H and O–H groups in total. The second kappa shape index (κ2) is 14.4. The molecular weight excluding hydrogens is 665 g/mol. The Bertz CT molecular complexity index is 1970. The Morgan fingerprint density at radius 2 is 1.65 bits per heavy atom. The number of nitrogens with two attached hydrogens (primary N) is 4. The minimum atomic E-state index is -1.38. The fourth-order valence-electron chi connectivity index (χ4n) is 6.22. The predicted molar refractivity (Wildman–Crippen MR) is 183 cm³/mol. The molecule has 7 rings (SSSR count). The number of imidazole rings is 1. The Morgan fingerprint density at radius 1 is 1.02 bits per heavy atom. The van der Waals surface area contributed by atoms with E-state index in [-0.39, 0.29) is 83.6 Å². The van der Waals surface area contributed by atoms with Gasteiger partial charge < -0.3 is 43.4 Å². The Hall–Kier alpha value is -5.29. The smallest absolute Gasteiger partial charge is 0.353 e. The molecule has 2 aromatic carbocycles. The van der Waals surface area contributed by atoms with E-state index in [1.54, 1.807) is 0 Å². The third kappa shape index (κ3) is 6.98. The highest BCUT2D eigenvalue weighted by Gasteiger charge is 2.52. The molecule has 3 saturated carbocycles. The third-order valence-corrected chi connectivity index (χ3v) is 9.24. The van der Waals surface area contributed by atoms with Crippen LogP contribution < -0.4 is 44.4 Å². The Labute approximate surface area is 285 Å². The zero-order valence-electron chi connectivity index (χ0n) is 25.8. The maximum atomic E-state index is 14.1. The number of hydrogen-bond acceptors (Lipinski definition) is 13. The number of esters is 1. The van der Waals surface area contributed by atoms with Gasteiger partial charge in [0.2, 0.25) is 5.95 Å². The van der Waals surface area contributed by atoms with Crippen molar-refractivity contribution in [1.82, 2.24) is 19.7 Å². The average molecular weight is 704 g/mol. The van der Waals surface area contributed by atoms with Crippen molar-refractivity contribution in [3.8, 4) is 0 Å². The van der Waals surface area contributed by atoms with Crippen molar-refractivity contribution < 1.29 is 28.6 Å². The molecule has 0 atom stereocenters. The summed E-state index contributed by atoms with van der Waals surface area (Å²) in [6.45, 7) is 0.672. The highest BCUT2D eigenvalue weighted by molar-refractivity contribution is 5.97. The summed E-state index contributed by atoms with van der Waals surface area (Å²) in [4.78, 5) is 66.4. The van der Waals surface area contributed by atoms with Gasteiger partial charge in [-0.15, -0.1) is 12.4 Å². The maximum absolute atomic E-state index is 14.1. The fraction of sp³-hybridized carbons (Fsp3) is 0.387. The first-order valence-electron chi connectivity index (χ1n) is 14.6. The lowest BCUT2D eigenvalue weighted by Crippen LogP contribution is -2.49. The number of carbonyl (C=O) groups excluding carboxylic acids is 2. The van der Waals surface area contributed by atoms with E-state index in [2.05, 4.69) is 20.6 Å². The molecule has 264 valence electrons. The number of carboxylic acid groups (broad SMARTS) is 1. The van der Waals surface area contributed by atoms with E-state index in [0.29, 0.717) is 11.0 Å². The van der Waals surface area contributed by atoms with E-state index in [0.717, 1.165) is 61.6 Å². The van der Waals surface area contributed by atoms with Crippen LogP contribution in [-0.4, -0.2) is 51.0 Å². The summed E-state index contributed by atoms with van der Waals surface area (Å²) < 4.78 is 20.0. The van der Waals surface area contributed by atoms with Gasteiger partial charge in [0, 0.05) is 12.6 Å². The fourth-order valence-corrected chi connectivity index (χ4v) is 6.22. The van der Waals surface area contributed by atoms with Crippen LogP contribution in [0.3, 0.4) is 0 Å². The van der Waals surface area contributed by atoms with Crippen LogP contribution in [0.5, 0.6) is 0 Å². The maximum Gasteiger partial charge on any atom is 0.353 e. The van der Waals surface area contributed by atoms with Gasteiger partial charge in [-0.2, -0.15) is 4.98 Å². The number of carbonyl (C=O) groups is 3. The molecule has 3 fully saturated rings. The zero-order valence-corrected chi connectivity index (χ0v) is 26.6. The second-order valence-corrected chi connectivity index (χ2v) is 11.9. The van der Waals surface area contributed by atoms with Gasteiger partial charge in [-0.05, 0) is 68.2 Å². The van der Waals surface area contributed by atoms with Crippen molar-refractivity contribution in [3.05, 3.63) is 67.5 Å². The van der Waals surface area contributed by atoms with Crippen molar-refractivity contribution in [1.29, 1.82) is 0 Å². The quantitative estimate of drug-likeness (QED) is 0.102. The molecular formula is C31H39ClFN9O7. The number of methoxy groups -OCH3 is 1. The lowest BCUT2D eigenvalue weighted by molar-refractivity contribution is -0.162. The molecule has 16 nitrogen and oxygen atoms in total. The van der Waals surface area contributed by atoms with Gasteiger partial charge >= 0.3 is 11.9 Å². The standard InChI is InChI=1S/C19H15FN8O5.C11H19NO2.CH4.ClH/c20-7-2-1-6(3-8(7)25-12-11(21)13(29)14(12)30)5-24-17(31)9-4-10(18(32)33)28-16(26-9)15(22)27-19(28)23;1-14-9(13)11-5-2-10(8-12,3-6-11)4-7-11;;/h1-4,25H,5,21-22H2,(H2,23,27)(H,24,31)(H,32,33);2-8,12H2,1H3;1H4;1H. The topological polar surface area (TPSA) is 273 Å². The number of halogens is 2.